The summed E-state index contributed by atoms with van der Waals surface area (Å²) in [5, 5.41) is 3.48. The second-order valence-electron chi connectivity index (χ2n) is 4.48. The first-order valence-electron chi connectivity index (χ1n) is 5.86. The summed E-state index contributed by atoms with van der Waals surface area (Å²) in [6.45, 7) is 4.61. The van der Waals surface area contributed by atoms with Crippen molar-refractivity contribution in [3.63, 3.8) is 0 Å². The second kappa shape index (κ2) is 5.63. The lowest BCUT2D eigenvalue weighted by Gasteiger charge is -2.35. The number of likely N-dealkylation sites (N-methyl/N-ethyl adjacent to an activating group) is 1. The van der Waals surface area contributed by atoms with Crippen molar-refractivity contribution in [1.29, 1.82) is 0 Å². The molecule has 0 aliphatic carbocycles. The highest BCUT2D eigenvalue weighted by Gasteiger charge is 2.23. The van der Waals surface area contributed by atoms with Crippen LogP contribution in [0, 0.1) is 0 Å². The third-order valence-electron chi connectivity index (χ3n) is 3.46. The molecule has 4 heteroatoms. The van der Waals surface area contributed by atoms with E-state index >= 15 is 0 Å². The van der Waals surface area contributed by atoms with Gasteiger partial charge in [-0.1, -0.05) is 0 Å². The number of hydrogen-bond donors (Lipinski definition) is 1. The maximum Gasteiger partial charge on any atom is 0.0701 e. The van der Waals surface area contributed by atoms with Gasteiger partial charge >= 0.3 is 0 Å². The molecule has 1 aromatic rings. The molecular weight excluding hydrogens is 284 g/mol. The number of rotatable bonds is 3. The molecule has 1 saturated heterocycles. The van der Waals surface area contributed by atoms with Gasteiger partial charge in [-0.15, -0.1) is 11.3 Å². The van der Waals surface area contributed by atoms with E-state index in [0.717, 1.165) is 6.54 Å². The van der Waals surface area contributed by atoms with Crippen LogP contribution in [0.4, 0.5) is 0 Å². The zero-order valence-corrected chi connectivity index (χ0v) is 12.3. The van der Waals surface area contributed by atoms with Gasteiger partial charge in [-0.25, -0.2) is 0 Å². The summed E-state index contributed by atoms with van der Waals surface area (Å²) in [6, 6.07) is 5.57. The van der Waals surface area contributed by atoms with Gasteiger partial charge in [-0.3, -0.25) is 4.90 Å². The first-order chi connectivity index (χ1) is 7.68. The van der Waals surface area contributed by atoms with E-state index in [2.05, 4.69) is 52.3 Å². The van der Waals surface area contributed by atoms with Gasteiger partial charge in [0.1, 0.15) is 0 Å². The number of halogens is 1. The molecule has 0 radical (unpaired) electrons. The average molecular weight is 303 g/mol. The van der Waals surface area contributed by atoms with E-state index in [9.17, 15) is 0 Å². The molecule has 0 bridgehead atoms. The van der Waals surface area contributed by atoms with Gasteiger partial charge < -0.3 is 5.32 Å². The molecule has 2 rings (SSSR count). The van der Waals surface area contributed by atoms with E-state index in [1.54, 1.807) is 0 Å². The van der Waals surface area contributed by atoms with E-state index < -0.39 is 0 Å². The minimum absolute atomic E-state index is 0.515. The first kappa shape index (κ1) is 12.6. The van der Waals surface area contributed by atoms with Gasteiger partial charge in [0.15, 0.2) is 0 Å². The molecule has 1 aliphatic rings. The van der Waals surface area contributed by atoms with Crippen molar-refractivity contribution in [2.45, 2.75) is 31.8 Å². The molecule has 0 saturated carbocycles. The fourth-order valence-electron chi connectivity index (χ4n) is 2.25. The highest BCUT2D eigenvalue weighted by Crippen LogP contribution is 2.31. The zero-order chi connectivity index (χ0) is 11.5. The molecule has 2 unspecified atom stereocenters. The Morgan fingerprint density at radius 3 is 2.94 bits per heavy atom. The van der Waals surface area contributed by atoms with Crippen LogP contribution >= 0.6 is 27.3 Å². The van der Waals surface area contributed by atoms with Gasteiger partial charge in [0.05, 0.1) is 3.79 Å². The van der Waals surface area contributed by atoms with Crippen LogP contribution in [-0.4, -0.2) is 31.1 Å². The van der Waals surface area contributed by atoms with Gasteiger partial charge in [-0.05, 0) is 61.4 Å². The smallest absolute Gasteiger partial charge is 0.0701 e. The van der Waals surface area contributed by atoms with Crippen molar-refractivity contribution in [3.05, 3.63) is 20.8 Å². The topological polar surface area (TPSA) is 15.3 Å². The molecule has 1 fully saturated rings. The largest absolute Gasteiger partial charge is 0.315 e. The van der Waals surface area contributed by atoms with Crippen LogP contribution in [0.2, 0.25) is 0 Å². The SMILES string of the molecule is CC(c1ccc(Br)s1)N(C)C1CCCNC1. The molecule has 1 aromatic heterocycles. The number of nitrogens with zero attached hydrogens (tertiary/aromatic N) is 1. The Hall–Kier alpha value is 0.1000. The number of thiophene rings is 1. The maximum atomic E-state index is 3.53. The van der Waals surface area contributed by atoms with Gasteiger partial charge in [0.25, 0.3) is 0 Å². The van der Waals surface area contributed by atoms with Crippen LogP contribution in [-0.2, 0) is 0 Å². The molecule has 0 aromatic carbocycles. The van der Waals surface area contributed by atoms with Gasteiger partial charge in [0, 0.05) is 23.5 Å². The monoisotopic (exact) mass is 302 g/mol. The van der Waals surface area contributed by atoms with Crippen molar-refractivity contribution in [3.8, 4) is 0 Å². The highest BCUT2D eigenvalue weighted by molar-refractivity contribution is 9.11. The Labute approximate surface area is 110 Å². The molecule has 2 nitrogen and oxygen atoms in total. The third kappa shape index (κ3) is 2.86. The third-order valence-corrected chi connectivity index (χ3v) is 5.26. The summed E-state index contributed by atoms with van der Waals surface area (Å²) in [4.78, 5) is 3.95. The molecule has 1 aliphatic heterocycles. The fraction of sp³-hybridized carbons (Fsp3) is 0.667. The van der Waals surface area contributed by atoms with E-state index in [1.807, 2.05) is 11.3 Å². The van der Waals surface area contributed by atoms with Crippen LogP contribution in [0.15, 0.2) is 15.9 Å². The van der Waals surface area contributed by atoms with Crippen LogP contribution in [0.25, 0.3) is 0 Å². The predicted octanol–water partition coefficient (Wildman–Crippen LogP) is 3.26. The first-order valence-corrected chi connectivity index (χ1v) is 7.47. The summed E-state index contributed by atoms with van der Waals surface area (Å²) >= 11 is 5.38. The number of nitrogens with one attached hydrogen (secondary N) is 1. The van der Waals surface area contributed by atoms with Gasteiger partial charge in [-0.2, -0.15) is 0 Å². The van der Waals surface area contributed by atoms with Crippen LogP contribution in [0.5, 0.6) is 0 Å². The van der Waals surface area contributed by atoms with Crippen molar-refractivity contribution in [2.24, 2.45) is 0 Å². The molecule has 16 heavy (non-hydrogen) atoms. The van der Waals surface area contributed by atoms with Crippen LogP contribution in [0.3, 0.4) is 0 Å². The average Bonchev–Trinajstić information content (AvgIpc) is 2.75. The quantitative estimate of drug-likeness (QED) is 0.922. The van der Waals surface area contributed by atoms with Crippen molar-refractivity contribution < 1.29 is 0 Å². The Morgan fingerprint density at radius 2 is 2.38 bits per heavy atom. The second-order valence-corrected chi connectivity index (χ2v) is 6.98. The van der Waals surface area contributed by atoms with Crippen LogP contribution < -0.4 is 5.32 Å². The van der Waals surface area contributed by atoms with Gasteiger partial charge in [0.2, 0.25) is 0 Å². The minimum Gasteiger partial charge on any atom is -0.315 e. The van der Waals surface area contributed by atoms with E-state index in [-0.39, 0.29) is 0 Å². The standard InChI is InChI=1S/C12H19BrN2S/c1-9(11-5-6-12(13)16-11)15(2)10-4-3-7-14-8-10/h5-6,9-10,14H,3-4,7-8H2,1-2H3. The summed E-state index contributed by atoms with van der Waals surface area (Å²) in [5.41, 5.74) is 0. The molecular formula is C12H19BrN2S. The van der Waals surface area contributed by atoms with Crippen molar-refractivity contribution >= 4 is 27.3 Å². The lowest BCUT2D eigenvalue weighted by atomic mass is 10.0. The van der Waals surface area contributed by atoms with Crippen LogP contribution in [0.1, 0.15) is 30.7 Å². The van der Waals surface area contributed by atoms with E-state index in [1.165, 1.54) is 28.0 Å². The van der Waals surface area contributed by atoms with E-state index in [0.29, 0.717) is 12.1 Å². The molecule has 1 N–H and O–H groups in total. The Balaban J connectivity index is 2.00. The zero-order valence-electron chi connectivity index (χ0n) is 9.87. The lowest BCUT2D eigenvalue weighted by molar-refractivity contribution is 0.158. The summed E-state index contributed by atoms with van der Waals surface area (Å²) in [6.07, 6.45) is 2.62. The maximum absolute atomic E-state index is 3.53. The molecule has 0 amide bonds. The number of piperidine rings is 1. The Morgan fingerprint density at radius 1 is 1.56 bits per heavy atom. The molecule has 2 heterocycles. The molecule has 90 valence electrons. The predicted molar refractivity (Wildman–Crippen MR) is 74.1 cm³/mol. The molecule has 2 atom stereocenters. The summed E-state index contributed by atoms with van der Waals surface area (Å²) < 4.78 is 1.23. The Bertz CT molecular complexity index is 334. The number of hydrogen-bond acceptors (Lipinski definition) is 3. The fourth-order valence-corrected chi connectivity index (χ4v) is 3.78. The lowest BCUT2D eigenvalue weighted by Crippen LogP contribution is -2.44. The van der Waals surface area contributed by atoms with Crippen molar-refractivity contribution in [1.82, 2.24) is 10.2 Å². The summed E-state index contributed by atoms with van der Waals surface area (Å²) in [7, 11) is 2.25. The minimum atomic E-state index is 0.515. The summed E-state index contributed by atoms with van der Waals surface area (Å²) in [5.74, 6) is 0. The Kier molecular flexibility index (Phi) is 4.41. The van der Waals surface area contributed by atoms with E-state index in [4.69, 9.17) is 0 Å². The normalized spacial score (nSPS) is 23.6. The van der Waals surface area contributed by atoms with Crippen molar-refractivity contribution in [2.75, 3.05) is 20.1 Å². The highest BCUT2D eigenvalue weighted by atomic mass is 79.9. The molecule has 0 spiro atoms.